The number of nitrogens with two attached hydrogens (primary N) is 1. The lowest BCUT2D eigenvalue weighted by atomic mass is 10.0. The maximum atomic E-state index is 14.2. The Balaban J connectivity index is 2.03. The third-order valence-electron chi connectivity index (χ3n) is 5.04. The molecule has 0 saturated heterocycles. The van der Waals surface area contributed by atoms with E-state index in [2.05, 4.69) is 9.97 Å². The zero-order chi connectivity index (χ0) is 22.1. The highest BCUT2D eigenvalue weighted by atomic mass is 32.2. The molecule has 0 spiro atoms. The van der Waals surface area contributed by atoms with Crippen LogP contribution in [0.3, 0.4) is 0 Å². The first-order chi connectivity index (χ1) is 14.1. The molecular weight excluding hydrogens is 405 g/mol. The second kappa shape index (κ2) is 8.63. The van der Waals surface area contributed by atoms with Crippen LogP contribution in [0.25, 0.3) is 11.0 Å². The zero-order valence-electron chi connectivity index (χ0n) is 17.6. The molecule has 0 aliphatic carbocycles. The Morgan fingerprint density at radius 2 is 1.90 bits per heavy atom. The molecule has 0 bridgehead atoms. The van der Waals surface area contributed by atoms with Gasteiger partial charge in [-0.3, -0.25) is 0 Å². The van der Waals surface area contributed by atoms with Crippen LogP contribution in [0.2, 0.25) is 0 Å². The lowest BCUT2D eigenvalue weighted by Crippen LogP contribution is -2.22. The van der Waals surface area contributed by atoms with Crippen LogP contribution >= 0.6 is 0 Å². The predicted molar refractivity (Wildman–Crippen MR) is 115 cm³/mol. The molecule has 0 fully saturated rings. The van der Waals surface area contributed by atoms with Gasteiger partial charge in [0, 0.05) is 38.3 Å². The van der Waals surface area contributed by atoms with Crippen molar-refractivity contribution < 1.29 is 12.8 Å². The van der Waals surface area contributed by atoms with Crippen LogP contribution in [0.4, 0.5) is 4.39 Å². The maximum absolute atomic E-state index is 14.2. The fourth-order valence-corrected chi connectivity index (χ4v) is 4.25. The number of benzene rings is 1. The Hall–Kier alpha value is -2.62. The number of nitrogens with zero attached hydrogens (tertiary/aromatic N) is 4. The van der Waals surface area contributed by atoms with Crippen molar-refractivity contribution >= 4 is 21.1 Å². The van der Waals surface area contributed by atoms with Gasteiger partial charge in [0.15, 0.2) is 0 Å². The largest absolute Gasteiger partial charge is 0.335 e. The molecule has 0 saturated carbocycles. The van der Waals surface area contributed by atoms with Gasteiger partial charge >= 0.3 is 0 Å². The molecule has 0 atom stereocenters. The van der Waals surface area contributed by atoms with Gasteiger partial charge in [-0.2, -0.15) is 0 Å². The molecule has 30 heavy (non-hydrogen) atoms. The summed E-state index contributed by atoms with van der Waals surface area (Å²) >= 11 is 0. The van der Waals surface area contributed by atoms with Crippen molar-refractivity contribution in [3.63, 3.8) is 0 Å². The predicted octanol–water partition coefficient (Wildman–Crippen LogP) is 2.70. The molecule has 0 aliphatic heterocycles. The molecule has 2 aromatic heterocycles. The molecule has 1 aromatic carbocycles. The van der Waals surface area contributed by atoms with E-state index in [4.69, 9.17) is 5.73 Å². The summed E-state index contributed by atoms with van der Waals surface area (Å²) in [6.07, 6.45) is 3.59. The van der Waals surface area contributed by atoms with Gasteiger partial charge in [-0.05, 0) is 37.6 Å². The monoisotopic (exact) mass is 431 g/mol. The highest BCUT2D eigenvalue weighted by molar-refractivity contribution is 7.89. The summed E-state index contributed by atoms with van der Waals surface area (Å²) in [6.45, 7) is 3.93. The number of allylic oxidation sites excluding steroid dienone is 1. The van der Waals surface area contributed by atoms with Gasteiger partial charge in [-0.25, -0.2) is 27.1 Å². The second-order valence-electron chi connectivity index (χ2n) is 7.30. The van der Waals surface area contributed by atoms with Crippen LogP contribution in [-0.2, 0) is 23.0 Å². The van der Waals surface area contributed by atoms with E-state index in [1.54, 1.807) is 30.5 Å². The quantitative estimate of drug-likeness (QED) is 0.621. The van der Waals surface area contributed by atoms with Crippen molar-refractivity contribution in [2.45, 2.75) is 31.7 Å². The van der Waals surface area contributed by atoms with Crippen LogP contribution in [0, 0.1) is 13.8 Å². The van der Waals surface area contributed by atoms with E-state index in [9.17, 15) is 12.8 Å². The molecule has 9 heteroatoms. The lowest BCUT2D eigenvalue weighted by Gasteiger charge is -2.12. The molecule has 0 radical (unpaired) electrons. The molecule has 2 heterocycles. The van der Waals surface area contributed by atoms with Crippen molar-refractivity contribution in [2.24, 2.45) is 5.73 Å². The van der Waals surface area contributed by atoms with E-state index in [0.29, 0.717) is 12.2 Å². The standard InChI is InChI=1S/C21H26FN5O2S/c1-14-19(11-16-5-7-18(8-6-16)30(28,29)26(3)4)21-20(12-24-15(2)25-21)27(14)13-17(22)9-10-23/h5-9,12H,10-11,13,23H2,1-4H3. The van der Waals surface area contributed by atoms with Crippen LogP contribution in [0.5, 0.6) is 0 Å². The van der Waals surface area contributed by atoms with E-state index in [1.165, 1.54) is 24.5 Å². The SMILES string of the molecule is Cc1ncc2c(n1)c(Cc1ccc(S(=O)(=O)N(C)C)cc1)c(C)n2CC(F)=CCN. The van der Waals surface area contributed by atoms with Crippen molar-refractivity contribution in [1.29, 1.82) is 0 Å². The van der Waals surface area contributed by atoms with E-state index in [0.717, 1.165) is 27.9 Å². The molecule has 0 unspecified atom stereocenters. The first-order valence-corrected chi connectivity index (χ1v) is 11.0. The van der Waals surface area contributed by atoms with E-state index < -0.39 is 10.0 Å². The van der Waals surface area contributed by atoms with Gasteiger partial charge in [-0.1, -0.05) is 12.1 Å². The minimum absolute atomic E-state index is 0.0615. The number of hydrogen-bond donors (Lipinski definition) is 1. The Labute approximate surface area is 176 Å². The summed E-state index contributed by atoms with van der Waals surface area (Å²) in [5, 5.41) is 0. The summed E-state index contributed by atoms with van der Waals surface area (Å²) < 4.78 is 41.8. The second-order valence-corrected chi connectivity index (χ2v) is 9.45. The average molecular weight is 432 g/mol. The van der Waals surface area contributed by atoms with Gasteiger partial charge in [0.05, 0.1) is 28.7 Å². The number of hydrogen-bond acceptors (Lipinski definition) is 5. The van der Waals surface area contributed by atoms with Gasteiger partial charge < -0.3 is 10.3 Å². The van der Waals surface area contributed by atoms with Crippen molar-refractivity contribution in [3.05, 3.63) is 65.0 Å². The van der Waals surface area contributed by atoms with Crippen molar-refractivity contribution in [1.82, 2.24) is 18.8 Å². The van der Waals surface area contributed by atoms with Crippen molar-refractivity contribution in [2.75, 3.05) is 20.6 Å². The van der Waals surface area contributed by atoms with Crippen LogP contribution < -0.4 is 5.73 Å². The molecular formula is C21H26FN5O2S. The minimum Gasteiger partial charge on any atom is -0.335 e. The zero-order valence-corrected chi connectivity index (χ0v) is 18.4. The van der Waals surface area contributed by atoms with E-state index in [1.807, 2.05) is 18.4 Å². The number of aryl methyl sites for hydroxylation is 1. The molecule has 160 valence electrons. The van der Waals surface area contributed by atoms with Crippen molar-refractivity contribution in [3.8, 4) is 0 Å². The summed E-state index contributed by atoms with van der Waals surface area (Å²) in [5.74, 6) is 0.314. The van der Waals surface area contributed by atoms with Crippen LogP contribution in [0.1, 0.15) is 22.6 Å². The molecule has 3 aromatic rings. The van der Waals surface area contributed by atoms with E-state index in [-0.39, 0.29) is 23.8 Å². The smallest absolute Gasteiger partial charge is 0.242 e. The van der Waals surface area contributed by atoms with Crippen LogP contribution in [0.15, 0.2) is 47.3 Å². The lowest BCUT2D eigenvalue weighted by molar-refractivity contribution is 0.520. The van der Waals surface area contributed by atoms with Gasteiger partial charge in [0.1, 0.15) is 11.7 Å². The molecule has 0 aliphatic rings. The fourth-order valence-electron chi connectivity index (χ4n) is 3.35. The third kappa shape index (κ3) is 4.28. The third-order valence-corrected chi connectivity index (χ3v) is 6.87. The minimum atomic E-state index is -3.48. The molecule has 0 amide bonds. The molecule has 2 N–H and O–H groups in total. The van der Waals surface area contributed by atoms with Gasteiger partial charge in [0.2, 0.25) is 10.0 Å². The van der Waals surface area contributed by atoms with E-state index >= 15 is 0 Å². The Kier molecular flexibility index (Phi) is 6.35. The number of fused-ring (bicyclic) bond motifs is 1. The number of halogens is 1. The molecule has 3 rings (SSSR count). The Bertz CT molecular complexity index is 1200. The highest BCUT2D eigenvalue weighted by Gasteiger charge is 2.19. The number of aromatic nitrogens is 3. The average Bonchev–Trinajstić information content (AvgIpc) is 2.93. The fraction of sp³-hybridized carbons (Fsp3) is 0.333. The normalized spacial score (nSPS) is 12.8. The summed E-state index contributed by atoms with van der Waals surface area (Å²) in [5.41, 5.74) is 9.72. The number of rotatable bonds is 7. The molecule has 7 nitrogen and oxygen atoms in total. The van der Waals surface area contributed by atoms with Gasteiger partial charge in [0.25, 0.3) is 0 Å². The Morgan fingerprint density at radius 1 is 1.23 bits per heavy atom. The topological polar surface area (TPSA) is 94.1 Å². The summed E-state index contributed by atoms with van der Waals surface area (Å²) in [4.78, 5) is 9.09. The Morgan fingerprint density at radius 3 is 2.50 bits per heavy atom. The highest BCUT2D eigenvalue weighted by Crippen LogP contribution is 2.28. The van der Waals surface area contributed by atoms with Gasteiger partial charge in [-0.15, -0.1) is 0 Å². The summed E-state index contributed by atoms with van der Waals surface area (Å²) in [6, 6.07) is 6.79. The first-order valence-electron chi connectivity index (χ1n) is 9.52. The summed E-state index contributed by atoms with van der Waals surface area (Å²) in [7, 11) is -0.476. The maximum Gasteiger partial charge on any atom is 0.242 e. The first kappa shape index (κ1) is 22.1. The van der Waals surface area contributed by atoms with Crippen LogP contribution in [-0.4, -0.2) is 47.9 Å². The number of sulfonamides is 1.